The largest absolute Gasteiger partial charge is 0.481 e. The van der Waals surface area contributed by atoms with Crippen LogP contribution in [0, 0.1) is 0 Å². The third-order valence-electron chi connectivity index (χ3n) is 5.67. The van der Waals surface area contributed by atoms with Gasteiger partial charge in [-0.15, -0.1) is 0 Å². The summed E-state index contributed by atoms with van der Waals surface area (Å²) in [5.74, 6) is -5.87. The van der Waals surface area contributed by atoms with Gasteiger partial charge in [0.15, 0.2) is 0 Å². The average Bonchev–Trinajstić information content (AvgIpc) is 2.75. The zero-order valence-electron chi connectivity index (χ0n) is 17.4. The minimum absolute atomic E-state index is 0.00214. The first-order chi connectivity index (χ1) is 16.0. The van der Waals surface area contributed by atoms with E-state index in [9.17, 15) is 39.0 Å². The second-order valence-electron chi connectivity index (χ2n) is 8.02. The number of carbonyl (C=O) groups is 6. The van der Waals surface area contributed by atoms with Gasteiger partial charge in [-0.05, 0) is 24.3 Å². The van der Waals surface area contributed by atoms with Crippen LogP contribution in [0.1, 0.15) is 54.3 Å². The van der Waals surface area contributed by atoms with E-state index in [1.807, 2.05) is 0 Å². The maximum Gasteiger partial charge on any atom is 0.306 e. The van der Waals surface area contributed by atoms with Crippen LogP contribution in [0.25, 0.3) is 10.8 Å². The Morgan fingerprint density at radius 3 is 1.12 bits per heavy atom. The number of β-amino-alcohol motifs (C(OH)–C–C–N with tert-alkyl or cyclic N) is 2. The minimum Gasteiger partial charge on any atom is -0.481 e. The highest BCUT2D eigenvalue weighted by Crippen LogP contribution is 2.38. The van der Waals surface area contributed by atoms with Crippen LogP contribution in [0.3, 0.4) is 0 Å². The summed E-state index contributed by atoms with van der Waals surface area (Å²) in [7, 11) is 0. The molecular formula is C22H18N2O10. The number of amides is 4. The van der Waals surface area contributed by atoms with Gasteiger partial charge in [-0.25, -0.2) is 0 Å². The molecule has 0 saturated heterocycles. The van der Waals surface area contributed by atoms with Crippen LogP contribution in [0.15, 0.2) is 24.3 Å². The van der Waals surface area contributed by atoms with Gasteiger partial charge in [0.05, 0.1) is 38.1 Å². The first-order valence-electron chi connectivity index (χ1n) is 10.1. The van der Waals surface area contributed by atoms with Crippen molar-refractivity contribution in [1.82, 2.24) is 9.80 Å². The molecule has 2 unspecified atom stereocenters. The molecular weight excluding hydrogens is 452 g/mol. The van der Waals surface area contributed by atoms with Crippen LogP contribution in [0.2, 0.25) is 0 Å². The van der Waals surface area contributed by atoms with Crippen molar-refractivity contribution in [3.63, 3.8) is 0 Å². The molecule has 4 N–H and O–H groups in total. The number of aliphatic hydroxyl groups is 2. The van der Waals surface area contributed by atoms with Crippen LogP contribution in [-0.2, 0) is 9.59 Å². The van der Waals surface area contributed by atoms with E-state index in [2.05, 4.69) is 0 Å². The van der Waals surface area contributed by atoms with Crippen molar-refractivity contribution >= 4 is 46.3 Å². The number of benzene rings is 2. The van der Waals surface area contributed by atoms with Crippen LogP contribution in [0.5, 0.6) is 0 Å². The van der Waals surface area contributed by atoms with E-state index in [1.54, 1.807) is 0 Å². The minimum atomic E-state index is -1.49. The summed E-state index contributed by atoms with van der Waals surface area (Å²) in [5, 5.41) is 37.7. The Balaban J connectivity index is 1.76. The fraction of sp³-hybridized carbons (Fsp3) is 0.273. The lowest BCUT2D eigenvalue weighted by atomic mass is 9.85. The molecule has 34 heavy (non-hydrogen) atoms. The van der Waals surface area contributed by atoms with E-state index in [4.69, 9.17) is 10.2 Å². The van der Waals surface area contributed by atoms with Gasteiger partial charge in [-0.1, -0.05) is 0 Å². The summed E-state index contributed by atoms with van der Waals surface area (Å²) < 4.78 is 0. The molecule has 2 aromatic carbocycles. The number of carboxylic acids is 2. The van der Waals surface area contributed by atoms with Gasteiger partial charge in [0.1, 0.15) is 0 Å². The molecule has 12 heteroatoms. The number of carboxylic acid groups (broad SMARTS) is 2. The van der Waals surface area contributed by atoms with Gasteiger partial charge in [0.2, 0.25) is 0 Å². The van der Waals surface area contributed by atoms with Crippen molar-refractivity contribution < 1.29 is 49.2 Å². The summed E-state index contributed by atoms with van der Waals surface area (Å²) >= 11 is 0. The Hall–Kier alpha value is -4.16. The van der Waals surface area contributed by atoms with E-state index >= 15 is 0 Å². The molecule has 2 aliphatic heterocycles. The van der Waals surface area contributed by atoms with Crippen LogP contribution < -0.4 is 0 Å². The van der Waals surface area contributed by atoms with Crippen LogP contribution in [0.4, 0.5) is 0 Å². The van der Waals surface area contributed by atoms with Gasteiger partial charge in [-0.2, -0.15) is 0 Å². The average molecular weight is 470 g/mol. The third-order valence-corrected chi connectivity index (χ3v) is 5.67. The summed E-state index contributed by atoms with van der Waals surface area (Å²) in [6.45, 7) is -1.11. The molecule has 2 aliphatic rings. The number of hydrogen-bond donors (Lipinski definition) is 4. The molecule has 0 aromatic heterocycles. The molecule has 4 rings (SSSR count). The number of imide groups is 2. The number of hydrogen-bond acceptors (Lipinski definition) is 8. The predicted molar refractivity (Wildman–Crippen MR) is 111 cm³/mol. The zero-order valence-corrected chi connectivity index (χ0v) is 17.4. The van der Waals surface area contributed by atoms with Crippen molar-refractivity contribution in [1.29, 1.82) is 0 Å². The van der Waals surface area contributed by atoms with E-state index in [-0.39, 0.29) is 33.0 Å². The standard InChI is InChI=1S/C22H18N2O10/c25-9(5-15(27)28)7-23-19(31)11-1-2-12-18-14(4-3-13(17(11)18)21(23)33)22(34)24(20(12)32)8-10(26)6-16(29)30/h1-4,9-10,25-26H,5-8H2,(H,27,28)(H,29,30). The second kappa shape index (κ2) is 8.32. The van der Waals surface area contributed by atoms with Crippen molar-refractivity contribution in [3.8, 4) is 0 Å². The van der Waals surface area contributed by atoms with E-state index in [1.165, 1.54) is 24.3 Å². The predicted octanol–water partition coefficient (Wildman–Crippen LogP) is -0.297. The number of carbonyl (C=O) groups excluding carboxylic acids is 4. The maximum absolute atomic E-state index is 13.0. The first kappa shape index (κ1) is 23.0. The lowest BCUT2D eigenvalue weighted by Crippen LogP contribution is -2.47. The zero-order chi connectivity index (χ0) is 24.9. The summed E-state index contributed by atoms with van der Waals surface area (Å²) in [6, 6.07) is 5.15. The lowest BCUT2D eigenvalue weighted by Gasteiger charge is -2.32. The summed E-state index contributed by atoms with van der Waals surface area (Å²) in [4.78, 5) is 75.2. The van der Waals surface area contributed by atoms with Gasteiger partial charge in [-0.3, -0.25) is 38.6 Å². The van der Waals surface area contributed by atoms with Gasteiger partial charge in [0, 0.05) is 33.0 Å². The molecule has 176 valence electrons. The fourth-order valence-electron chi connectivity index (χ4n) is 4.26. The normalized spacial score (nSPS) is 16.8. The SMILES string of the molecule is O=C(O)CC(O)CN1C(=O)c2ccc3c4c(ccc(c24)C1=O)C(=O)N(CC(O)CC(=O)O)C3=O. The maximum atomic E-state index is 13.0. The number of aliphatic carboxylic acids is 2. The Morgan fingerprint density at radius 2 is 0.882 bits per heavy atom. The van der Waals surface area contributed by atoms with Gasteiger partial charge < -0.3 is 20.4 Å². The van der Waals surface area contributed by atoms with E-state index < -0.39 is 73.7 Å². The molecule has 2 heterocycles. The molecule has 0 aliphatic carbocycles. The lowest BCUT2D eigenvalue weighted by molar-refractivity contribution is -0.140. The first-order valence-corrected chi connectivity index (χ1v) is 10.1. The number of aliphatic hydroxyl groups excluding tert-OH is 2. The molecule has 0 spiro atoms. The molecule has 2 aromatic rings. The van der Waals surface area contributed by atoms with Gasteiger partial charge in [0.25, 0.3) is 23.6 Å². The number of nitrogens with zero attached hydrogens (tertiary/aromatic N) is 2. The van der Waals surface area contributed by atoms with Crippen LogP contribution in [-0.4, -0.2) is 91.1 Å². The summed E-state index contributed by atoms with van der Waals surface area (Å²) in [6.07, 6.45) is -4.34. The Morgan fingerprint density at radius 1 is 0.618 bits per heavy atom. The van der Waals surface area contributed by atoms with Crippen molar-refractivity contribution in [2.45, 2.75) is 25.0 Å². The second-order valence-corrected chi connectivity index (χ2v) is 8.02. The van der Waals surface area contributed by atoms with Crippen molar-refractivity contribution in [2.75, 3.05) is 13.1 Å². The smallest absolute Gasteiger partial charge is 0.306 e. The molecule has 0 fully saturated rings. The molecule has 12 nitrogen and oxygen atoms in total. The monoisotopic (exact) mass is 470 g/mol. The van der Waals surface area contributed by atoms with Gasteiger partial charge >= 0.3 is 11.9 Å². The molecule has 0 saturated carbocycles. The number of rotatable bonds is 8. The molecule has 0 bridgehead atoms. The molecule has 0 radical (unpaired) electrons. The Labute approximate surface area is 190 Å². The van der Waals surface area contributed by atoms with Crippen LogP contribution >= 0.6 is 0 Å². The topological polar surface area (TPSA) is 190 Å². The van der Waals surface area contributed by atoms with E-state index in [0.29, 0.717) is 9.80 Å². The Bertz CT molecular complexity index is 1130. The highest BCUT2D eigenvalue weighted by atomic mass is 16.4. The summed E-state index contributed by atoms with van der Waals surface area (Å²) in [5.41, 5.74) is -0.00857. The van der Waals surface area contributed by atoms with Crippen molar-refractivity contribution in [2.24, 2.45) is 0 Å². The highest BCUT2D eigenvalue weighted by Gasteiger charge is 2.40. The molecule has 2 atom stereocenters. The quantitative estimate of drug-likeness (QED) is 0.373. The Kier molecular flexibility index (Phi) is 5.63. The van der Waals surface area contributed by atoms with E-state index in [0.717, 1.165) is 0 Å². The third kappa shape index (κ3) is 3.68. The highest BCUT2D eigenvalue weighted by molar-refractivity contribution is 6.33. The fourth-order valence-corrected chi connectivity index (χ4v) is 4.26. The molecule has 4 amide bonds. The van der Waals surface area contributed by atoms with Crippen molar-refractivity contribution in [3.05, 3.63) is 46.5 Å².